The largest absolute Gasteiger partial charge is 0.330 e. The Kier molecular flexibility index (Phi) is 5.15. The van der Waals surface area contributed by atoms with Crippen LogP contribution >= 0.6 is 0 Å². The number of aryl methyl sites for hydroxylation is 1. The molecular weight excluding hydrogens is 282 g/mol. The first-order valence-corrected chi connectivity index (χ1v) is 8.76. The van der Waals surface area contributed by atoms with Crippen molar-refractivity contribution in [2.45, 2.75) is 24.3 Å². The molecule has 0 bridgehead atoms. The molecule has 0 heterocycles. The summed E-state index contributed by atoms with van der Waals surface area (Å²) in [6, 6.07) is 16.9. The minimum atomic E-state index is -3.29. The first-order valence-electron chi connectivity index (χ1n) is 7.05. The van der Waals surface area contributed by atoms with Gasteiger partial charge in [0, 0.05) is 0 Å². The van der Waals surface area contributed by atoms with Crippen LogP contribution in [0.2, 0.25) is 0 Å². The summed E-state index contributed by atoms with van der Waals surface area (Å²) in [6.07, 6.45) is 0.443. The Morgan fingerprint density at radius 2 is 1.76 bits per heavy atom. The normalized spacial score (nSPS) is 13.0. The fourth-order valence-electron chi connectivity index (χ4n) is 2.51. The van der Waals surface area contributed by atoms with E-state index in [0.717, 1.165) is 16.7 Å². The molecule has 2 aromatic carbocycles. The Labute approximate surface area is 126 Å². The van der Waals surface area contributed by atoms with Gasteiger partial charge in [-0.3, -0.25) is 0 Å². The first-order chi connectivity index (χ1) is 10.0. The molecule has 3 nitrogen and oxygen atoms in total. The average Bonchev–Trinajstić information content (AvgIpc) is 2.45. The van der Waals surface area contributed by atoms with Crippen LogP contribution in [0.25, 0.3) is 0 Å². The van der Waals surface area contributed by atoms with Gasteiger partial charge < -0.3 is 5.73 Å². The summed E-state index contributed by atoms with van der Waals surface area (Å²) in [6.45, 7) is 2.32. The molecule has 0 saturated carbocycles. The van der Waals surface area contributed by atoms with Crippen LogP contribution in [-0.4, -0.2) is 15.0 Å². The highest BCUT2D eigenvalue weighted by molar-refractivity contribution is 7.90. The zero-order chi connectivity index (χ0) is 15.3. The van der Waals surface area contributed by atoms with Gasteiger partial charge in [0.15, 0.2) is 9.84 Å². The topological polar surface area (TPSA) is 60.2 Å². The molecule has 0 spiro atoms. The minimum Gasteiger partial charge on any atom is -0.330 e. The molecule has 2 rings (SSSR count). The molecule has 0 saturated heterocycles. The number of hydrogen-bond acceptors (Lipinski definition) is 3. The van der Waals surface area contributed by atoms with E-state index in [2.05, 4.69) is 0 Å². The first kappa shape index (κ1) is 15.7. The lowest BCUT2D eigenvalue weighted by Crippen LogP contribution is -2.19. The van der Waals surface area contributed by atoms with Crippen molar-refractivity contribution in [3.05, 3.63) is 71.3 Å². The van der Waals surface area contributed by atoms with Gasteiger partial charge in [-0.25, -0.2) is 8.42 Å². The number of sulfone groups is 1. The molecule has 1 unspecified atom stereocenters. The van der Waals surface area contributed by atoms with Crippen LogP contribution in [0.15, 0.2) is 54.6 Å². The molecule has 4 heteroatoms. The molecule has 1 atom stereocenters. The molecular formula is C17H21NO2S. The van der Waals surface area contributed by atoms with Crippen molar-refractivity contribution in [2.75, 3.05) is 6.54 Å². The summed E-state index contributed by atoms with van der Waals surface area (Å²) in [5.74, 6) is 0.0498. The lowest BCUT2D eigenvalue weighted by molar-refractivity contribution is 0.575. The van der Waals surface area contributed by atoms with E-state index in [4.69, 9.17) is 5.73 Å². The number of hydrogen-bond donors (Lipinski definition) is 1. The molecule has 2 aromatic rings. The zero-order valence-corrected chi connectivity index (χ0v) is 13.0. The third-order valence-corrected chi connectivity index (χ3v) is 5.59. The number of benzene rings is 2. The van der Waals surface area contributed by atoms with Crippen molar-refractivity contribution in [3.63, 3.8) is 0 Å². The molecule has 0 aliphatic rings. The van der Waals surface area contributed by atoms with Crippen LogP contribution < -0.4 is 5.73 Å². The summed E-state index contributed by atoms with van der Waals surface area (Å²) in [4.78, 5) is 0. The monoisotopic (exact) mass is 303 g/mol. The Bertz CT molecular complexity index is 681. The Morgan fingerprint density at radius 3 is 2.38 bits per heavy atom. The third kappa shape index (κ3) is 4.16. The predicted octanol–water partition coefficient (Wildman–Crippen LogP) is 3.00. The second kappa shape index (κ2) is 6.87. The minimum absolute atomic E-state index is 0.0498. The Hall–Kier alpha value is -1.65. The Morgan fingerprint density at radius 1 is 1.05 bits per heavy atom. The van der Waals surface area contributed by atoms with Gasteiger partial charge in [0.2, 0.25) is 0 Å². The molecule has 2 N–H and O–H groups in total. The molecule has 21 heavy (non-hydrogen) atoms. The van der Waals surface area contributed by atoms with Crippen LogP contribution in [0, 0.1) is 6.92 Å². The number of nitrogens with two attached hydrogens (primary N) is 1. The summed E-state index contributed by atoms with van der Waals surface area (Å²) in [5.41, 5.74) is 8.33. The van der Waals surface area contributed by atoms with E-state index >= 15 is 0 Å². The summed E-state index contributed by atoms with van der Waals surface area (Å²) < 4.78 is 25.5. The maximum Gasteiger partial charge on any atom is 0.161 e. The second-order valence-corrected chi connectivity index (χ2v) is 7.46. The molecule has 0 fully saturated rings. The van der Waals surface area contributed by atoms with Crippen LogP contribution in [0.3, 0.4) is 0 Å². The van der Waals surface area contributed by atoms with Crippen molar-refractivity contribution >= 4 is 9.84 Å². The van der Waals surface area contributed by atoms with E-state index in [9.17, 15) is 8.42 Å². The van der Waals surface area contributed by atoms with Crippen LogP contribution in [0.1, 0.15) is 28.4 Å². The van der Waals surface area contributed by atoms with E-state index in [1.54, 1.807) is 0 Å². The quantitative estimate of drug-likeness (QED) is 0.892. The third-order valence-electron chi connectivity index (χ3n) is 3.48. The van der Waals surface area contributed by atoms with Gasteiger partial charge in [-0.05, 0) is 31.0 Å². The number of rotatable bonds is 6. The second-order valence-electron chi connectivity index (χ2n) is 5.27. The van der Waals surface area contributed by atoms with Gasteiger partial charge in [-0.2, -0.15) is 0 Å². The van der Waals surface area contributed by atoms with Gasteiger partial charge in [0.05, 0.1) is 11.0 Å². The van der Waals surface area contributed by atoms with Crippen molar-refractivity contribution in [1.82, 2.24) is 0 Å². The van der Waals surface area contributed by atoms with Gasteiger partial charge in [0.1, 0.15) is 0 Å². The summed E-state index contributed by atoms with van der Waals surface area (Å²) in [5, 5.41) is -0.538. The van der Waals surface area contributed by atoms with Crippen LogP contribution in [-0.2, 0) is 15.6 Å². The van der Waals surface area contributed by atoms with Crippen molar-refractivity contribution in [2.24, 2.45) is 5.73 Å². The van der Waals surface area contributed by atoms with Gasteiger partial charge in [-0.1, -0.05) is 60.2 Å². The Balaban J connectivity index is 2.30. The highest BCUT2D eigenvalue weighted by Gasteiger charge is 2.26. The van der Waals surface area contributed by atoms with E-state index in [-0.39, 0.29) is 5.75 Å². The smallest absolute Gasteiger partial charge is 0.161 e. The van der Waals surface area contributed by atoms with E-state index in [1.165, 1.54) is 0 Å². The molecule has 112 valence electrons. The van der Waals surface area contributed by atoms with E-state index in [0.29, 0.717) is 13.0 Å². The SMILES string of the molecule is Cc1cccc(CS(=O)(=O)C(CCN)c2ccccc2)c1. The lowest BCUT2D eigenvalue weighted by Gasteiger charge is -2.17. The van der Waals surface area contributed by atoms with Crippen molar-refractivity contribution in [1.29, 1.82) is 0 Å². The molecule has 0 amide bonds. The van der Waals surface area contributed by atoms with Gasteiger partial charge in [-0.15, -0.1) is 0 Å². The maximum atomic E-state index is 12.7. The van der Waals surface area contributed by atoms with Gasteiger partial charge >= 0.3 is 0 Å². The van der Waals surface area contributed by atoms with Crippen LogP contribution in [0.5, 0.6) is 0 Å². The summed E-state index contributed by atoms with van der Waals surface area (Å²) in [7, 11) is -3.29. The maximum absolute atomic E-state index is 12.7. The zero-order valence-electron chi connectivity index (χ0n) is 12.2. The fourth-order valence-corrected chi connectivity index (χ4v) is 4.42. The van der Waals surface area contributed by atoms with E-state index in [1.807, 2.05) is 61.5 Å². The van der Waals surface area contributed by atoms with Crippen LogP contribution in [0.4, 0.5) is 0 Å². The molecule has 0 radical (unpaired) electrons. The lowest BCUT2D eigenvalue weighted by atomic mass is 10.1. The highest BCUT2D eigenvalue weighted by atomic mass is 32.2. The fraction of sp³-hybridized carbons (Fsp3) is 0.294. The molecule has 0 aliphatic carbocycles. The van der Waals surface area contributed by atoms with Crippen molar-refractivity contribution in [3.8, 4) is 0 Å². The van der Waals surface area contributed by atoms with Gasteiger partial charge in [0.25, 0.3) is 0 Å². The van der Waals surface area contributed by atoms with Crippen molar-refractivity contribution < 1.29 is 8.42 Å². The standard InChI is InChI=1S/C17H21NO2S/c1-14-6-5-7-15(12-14)13-21(19,20)17(10-11-18)16-8-3-2-4-9-16/h2-9,12,17H,10-11,13,18H2,1H3. The summed E-state index contributed by atoms with van der Waals surface area (Å²) >= 11 is 0. The molecule has 0 aromatic heterocycles. The van der Waals surface area contributed by atoms with E-state index < -0.39 is 15.1 Å². The average molecular weight is 303 g/mol. The predicted molar refractivity (Wildman–Crippen MR) is 86.7 cm³/mol. The molecule has 0 aliphatic heterocycles. The highest BCUT2D eigenvalue weighted by Crippen LogP contribution is 2.28.